The highest BCUT2D eigenvalue weighted by Crippen LogP contribution is 2.55. The van der Waals surface area contributed by atoms with Gasteiger partial charge in [0.25, 0.3) is 5.91 Å². The second-order valence-corrected chi connectivity index (χ2v) is 8.98. The molecular formula is C22H29NO3. The predicted molar refractivity (Wildman–Crippen MR) is 99.8 cm³/mol. The molecule has 1 atom stereocenters. The van der Waals surface area contributed by atoms with Gasteiger partial charge < -0.3 is 10.1 Å². The van der Waals surface area contributed by atoms with Gasteiger partial charge in [-0.3, -0.25) is 4.79 Å². The van der Waals surface area contributed by atoms with E-state index in [2.05, 4.69) is 5.32 Å². The summed E-state index contributed by atoms with van der Waals surface area (Å²) in [5.74, 6) is 1.75. The number of carbonyl (C=O) groups is 2. The second-order valence-electron chi connectivity index (χ2n) is 8.98. The van der Waals surface area contributed by atoms with E-state index in [1.165, 1.54) is 19.3 Å². The van der Waals surface area contributed by atoms with Crippen LogP contribution in [-0.4, -0.2) is 23.5 Å². The summed E-state index contributed by atoms with van der Waals surface area (Å²) >= 11 is 0. The van der Waals surface area contributed by atoms with E-state index < -0.39 is 12.1 Å². The van der Waals surface area contributed by atoms with Crippen molar-refractivity contribution >= 4 is 11.9 Å². The summed E-state index contributed by atoms with van der Waals surface area (Å²) in [5, 5.41) is 3.29. The van der Waals surface area contributed by atoms with Crippen LogP contribution in [0.1, 0.15) is 66.9 Å². The highest BCUT2D eigenvalue weighted by atomic mass is 16.5. The molecule has 1 amide bonds. The van der Waals surface area contributed by atoms with Crippen molar-refractivity contribution < 1.29 is 14.3 Å². The average Bonchev–Trinajstić information content (AvgIpc) is 2.55. The van der Waals surface area contributed by atoms with Crippen LogP contribution in [0.5, 0.6) is 0 Å². The Hall–Kier alpha value is -1.84. The molecule has 4 aliphatic carbocycles. The third-order valence-corrected chi connectivity index (χ3v) is 6.90. The molecule has 1 aromatic rings. The van der Waals surface area contributed by atoms with Crippen molar-refractivity contribution in [3.63, 3.8) is 0 Å². The highest BCUT2D eigenvalue weighted by Gasteiger charge is 2.51. The van der Waals surface area contributed by atoms with Gasteiger partial charge in [0.15, 0.2) is 6.10 Å². The second kappa shape index (κ2) is 6.40. The first-order chi connectivity index (χ1) is 12.3. The normalized spacial score (nSPS) is 33.0. The maximum absolute atomic E-state index is 12.8. The van der Waals surface area contributed by atoms with Crippen LogP contribution in [0, 0.1) is 31.6 Å². The van der Waals surface area contributed by atoms with Gasteiger partial charge in [-0.2, -0.15) is 0 Å². The fourth-order valence-corrected chi connectivity index (χ4v) is 5.88. The van der Waals surface area contributed by atoms with Crippen molar-refractivity contribution in [2.75, 3.05) is 0 Å². The summed E-state index contributed by atoms with van der Waals surface area (Å²) in [4.78, 5) is 25.3. The number of aryl methyl sites for hydroxylation is 1. The zero-order valence-corrected chi connectivity index (χ0v) is 16.0. The summed E-state index contributed by atoms with van der Waals surface area (Å²) in [6, 6.07) is 5.57. The predicted octanol–water partition coefficient (Wildman–Crippen LogP) is 3.93. The minimum atomic E-state index is -0.768. The molecule has 140 valence electrons. The molecule has 0 spiro atoms. The zero-order chi connectivity index (χ0) is 18.5. The molecule has 1 aromatic carbocycles. The lowest BCUT2D eigenvalue weighted by Gasteiger charge is -2.57. The molecule has 4 bridgehead atoms. The summed E-state index contributed by atoms with van der Waals surface area (Å²) in [6.45, 7) is 5.56. The SMILES string of the molecule is Cc1cccc(C(=O)O[C@@H](C)C(=O)NC23CC4CC(CC(C4)C2)C3)c1C. The molecule has 4 fully saturated rings. The standard InChI is InChI=1S/C22H29NO3/c1-13-5-4-6-19(14(13)2)21(25)26-15(3)20(24)23-22-10-16-7-17(11-22)9-18(8-16)12-22/h4-6,15-18H,7-12H2,1-3H3,(H,23,24)/t15-,16?,17?,18?,22?/m0/s1. The molecule has 0 unspecified atom stereocenters. The summed E-state index contributed by atoms with van der Waals surface area (Å²) in [5.41, 5.74) is 2.45. The van der Waals surface area contributed by atoms with E-state index in [0.29, 0.717) is 5.56 Å². The summed E-state index contributed by atoms with van der Waals surface area (Å²) in [6.07, 6.45) is 6.55. The molecule has 5 rings (SSSR count). The average molecular weight is 355 g/mol. The van der Waals surface area contributed by atoms with Crippen LogP contribution in [0.3, 0.4) is 0 Å². The molecule has 0 radical (unpaired) electrons. The number of carbonyl (C=O) groups excluding carboxylic acids is 2. The van der Waals surface area contributed by atoms with Crippen LogP contribution in [0.25, 0.3) is 0 Å². The van der Waals surface area contributed by atoms with E-state index >= 15 is 0 Å². The number of nitrogens with one attached hydrogen (secondary N) is 1. The highest BCUT2D eigenvalue weighted by molar-refractivity contribution is 5.93. The van der Waals surface area contributed by atoms with Gasteiger partial charge in [0.1, 0.15) is 0 Å². The van der Waals surface area contributed by atoms with Crippen LogP contribution in [-0.2, 0) is 9.53 Å². The van der Waals surface area contributed by atoms with Gasteiger partial charge in [0, 0.05) is 5.54 Å². The summed E-state index contributed by atoms with van der Waals surface area (Å²) < 4.78 is 5.50. The van der Waals surface area contributed by atoms with Gasteiger partial charge in [-0.05, 0) is 94.2 Å². The van der Waals surface area contributed by atoms with E-state index in [4.69, 9.17) is 4.74 Å². The fraction of sp³-hybridized carbons (Fsp3) is 0.636. The number of benzene rings is 1. The molecule has 0 saturated heterocycles. The van der Waals surface area contributed by atoms with Gasteiger partial charge in [0.05, 0.1) is 5.56 Å². The Bertz CT molecular complexity index is 704. The Balaban J connectivity index is 1.41. The van der Waals surface area contributed by atoms with Gasteiger partial charge >= 0.3 is 5.97 Å². The lowest BCUT2D eigenvalue weighted by molar-refractivity contribution is -0.134. The first-order valence-electron chi connectivity index (χ1n) is 9.94. The molecule has 0 aliphatic heterocycles. The van der Waals surface area contributed by atoms with E-state index in [1.54, 1.807) is 13.0 Å². The van der Waals surface area contributed by atoms with Crippen molar-refractivity contribution in [2.45, 2.75) is 70.9 Å². The minimum Gasteiger partial charge on any atom is -0.449 e. The molecule has 0 aromatic heterocycles. The Morgan fingerprint density at radius 2 is 1.65 bits per heavy atom. The van der Waals surface area contributed by atoms with Crippen LogP contribution in [0.4, 0.5) is 0 Å². The smallest absolute Gasteiger partial charge is 0.339 e. The number of ether oxygens (including phenoxy) is 1. The van der Waals surface area contributed by atoms with E-state index in [9.17, 15) is 9.59 Å². The molecule has 26 heavy (non-hydrogen) atoms. The van der Waals surface area contributed by atoms with Crippen LogP contribution >= 0.6 is 0 Å². The first kappa shape index (κ1) is 17.6. The number of hydrogen-bond donors (Lipinski definition) is 1. The van der Waals surface area contributed by atoms with E-state index in [-0.39, 0.29) is 11.4 Å². The topological polar surface area (TPSA) is 55.4 Å². The van der Waals surface area contributed by atoms with Crippen LogP contribution < -0.4 is 5.32 Å². The molecule has 1 N–H and O–H groups in total. The fourth-order valence-electron chi connectivity index (χ4n) is 5.88. The third kappa shape index (κ3) is 3.15. The van der Waals surface area contributed by atoms with Crippen molar-refractivity contribution in [3.8, 4) is 0 Å². The zero-order valence-electron chi connectivity index (χ0n) is 16.0. The maximum Gasteiger partial charge on any atom is 0.339 e. The molecular weight excluding hydrogens is 326 g/mol. The van der Waals surface area contributed by atoms with Gasteiger partial charge in [0.2, 0.25) is 0 Å². The Kier molecular flexibility index (Phi) is 4.32. The number of hydrogen-bond acceptors (Lipinski definition) is 3. The van der Waals surface area contributed by atoms with Crippen molar-refractivity contribution in [1.29, 1.82) is 0 Å². The molecule has 4 aliphatic rings. The molecule has 4 saturated carbocycles. The lowest BCUT2D eigenvalue weighted by Crippen LogP contribution is -2.61. The van der Waals surface area contributed by atoms with Crippen molar-refractivity contribution in [2.24, 2.45) is 17.8 Å². The Labute approximate surface area is 155 Å². The van der Waals surface area contributed by atoms with Crippen molar-refractivity contribution in [3.05, 3.63) is 34.9 Å². The Morgan fingerprint density at radius 3 is 2.23 bits per heavy atom. The molecule has 4 nitrogen and oxygen atoms in total. The van der Waals surface area contributed by atoms with Gasteiger partial charge in [-0.15, -0.1) is 0 Å². The number of amides is 1. The first-order valence-corrected chi connectivity index (χ1v) is 9.94. The third-order valence-electron chi connectivity index (χ3n) is 6.90. The quantitative estimate of drug-likeness (QED) is 0.833. The monoisotopic (exact) mass is 355 g/mol. The van der Waals surface area contributed by atoms with Crippen LogP contribution in [0.2, 0.25) is 0 Å². The van der Waals surface area contributed by atoms with Crippen molar-refractivity contribution in [1.82, 2.24) is 5.32 Å². The maximum atomic E-state index is 12.8. The Morgan fingerprint density at radius 1 is 1.08 bits per heavy atom. The number of esters is 1. The molecule has 0 heterocycles. The van der Waals surface area contributed by atoms with E-state index in [1.807, 2.05) is 26.0 Å². The van der Waals surface area contributed by atoms with E-state index in [0.717, 1.165) is 48.1 Å². The van der Waals surface area contributed by atoms with Gasteiger partial charge in [-0.1, -0.05) is 12.1 Å². The van der Waals surface area contributed by atoms with Crippen LogP contribution in [0.15, 0.2) is 18.2 Å². The lowest BCUT2D eigenvalue weighted by atomic mass is 9.53. The molecule has 4 heteroatoms. The van der Waals surface area contributed by atoms with Gasteiger partial charge in [-0.25, -0.2) is 4.79 Å². The summed E-state index contributed by atoms with van der Waals surface area (Å²) in [7, 11) is 0. The minimum absolute atomic E-state index is 0.0498. The number of rotatable bonds is 4. The largest absolute Gasteiger partial charge is 0.449 e.